The fraction of sp³-hybridized carbons (Fsp3) is 0.679. The first-order chi connectivity index (χ1) is 15.7. The zero-order valence-corrected chi connectivity index (χ0v) is 20.9. The molecule has 32 heavy (non-hydrogen) atoms. The smallest absolute Gasteiger partial charge is 0.220 e. The van der Waals surface area contributed by atoms with E-state index in [1.807, 2.05) is 18.2 Å². The van der Waals surface area contributed by atoms with Crippen LogP contribution in [0.5, 0.6) is 11.5 Å². The number of carbonyl (C=O) groups excluding carboxylic acids is 1. The van der Waals surface area contributed by atoms with Gasteiger partial charge in [-0.3, -0.25) is 4.79 Å². The number of allylic oxidation sites excluding steroid dienone is 2. The molecule has 1 aromatic rings. The molecule has 0 atom stereocenters. The fourth-order valence-electron chi connectivity index (χ4n) is 3.83. The third-order valence-corrected chi connectivity index (χ3v) is 5.85. The van der Waals surface area contributed by atoms with Crippen LogP contribution >= 0.6 is 0 Å². The number of hydrogen-bond donors (Lipinski definition) is 1. The molecule has 1 amide bonds. The van der Waals surface area contributed by atoms with Gasteiger partial charge in [0.2, 0.25) is 5.91 Å². The highest BCUT2D eigenvalue weighted by Crippen LogP contribution is 2.27. The van der Waals surface area contributed by atoms with Crippen molar-refractivity contribution in [3.8, 4) is 11.5 Å². The van der Waals surface area contributed by atoms with E-state index in [1.54, 1.807) is 14.2 Å². The molecule has 0 saturated carbocycles. The third kappa shape index (κ3) is 14.2. The minimum Gasteiger partial charge on any atom is -0.493 e. The van der Waals surface area contributed by atoms with Crippen LogP contribution in [0.25, 0.3) is 0 Å². The second-order valence-electron chi connectivity index (χ2n) is 8.62. The lowest BCUT2D eigenvalue weighted by Crippen LogP contribution is -2.25. The first-order valence-electron chi connectivity index (χ1n) is 12.8. The summed E-state index contributed by atoms with van der Waals surface area (Å²) in [5, 5.41) is 3.03. The minimum atomic E-state index is 0.156. The molecule has 1 rings (SSSR count). The molecule has 0 aliphatic carbocycles. The zero-order valence-electron chi connectivity index (χ0n) is 20.9. The number of unbranched alkanes of at least 4 members (excludes halogenated alkanes) is 11. The van der Waals surface area contributed by atoms with Gasteiger partial charge in [0.15, 0.2) is 11.5 Å². The van der Waals surface area contributed by atoms with Crippen LogP contribution in [-0.4, -0.2) is 26.7 Å². The van der Waals surface area contributed by atoms with Crippen molar-refractivity contribution >= 4 is 5.91 Å². The summed E-state index contributed by atoms with van der Waals surface area (Å²) >= 11 is 0. The van der Waals surface area contributed by atoms with Crippen LogP contribution in [0.1, 0.15) is 102 Å². The van der Waals surface area contributed by atoms with Crippen LogP contribution in [0.15, 0.2) is 30.4 Å². The van der Waals surface area contributed by atoms with E-state index in [0.29, 0.717) is 13.0 Å². The normalized spacial score (nSPS) is 11.1. The summed E-state index contributed by atoms with van der Waals surface area (Å²) in [6, 6.07) is 5.88. The van der Waals surface area contributed by atoms with Crippen LogP contribution in [-0.2, 0) is 11.2 Å². The number of benzene rings is 1. The van der Waals surface area contributed by atoms with Gasteiger partial charge in [0.05, 0.1) is 14.2 Å². The van der Waals surface area contributed by atoms with Crippen molar-refractivity contribution in [3.05, 3.63) is 35.9 Å². The second-order valence-corrected chi connectivity index (χ2v) is 8.62. The Bertz CT molecular complexity index is 627. The monoisotopic (exact) mass is 445 g/mol. The zero-order chi connectivity index (χ0) is 23.3. The van der Waals surface area contributed by atoms with Gasteiger partial charge in [-0.15, -0.1) is 0 Å². The van der Waals surface area contributed by atoms with E-state index in [-0.39, 0.29) is 5.91 Å². The minimum absolute atomic E-state index is 0.156. The first kappa shape index (κ1) is 28.1. The van der Waals surface area contributed by atoms with Crippen LogP contribution in [0.2, 0.25) is 0 Å². The van der Waals surface area contributed by atoms with Gasteiger partial charge in [0.25, 0.3) is 0 Å². The lowest BCUT2D eigenvalue weighted by molar-refractivity contribution is -0.121. The maximum Gasteiger partial charge on any atom is 0.220 e. The third-order valence-electron chi connectivity index (χ3n) is 5.85. The van der Waals surface area contributed by atoms with Crippen LogP contribution in [0.4, 0.5) is 0 Å². The number of nitrogens with one attached hydrogen (secondary N) is 1. The molecular weight excluding hydrogens is 398 g/mol. The van der Waals surface area contributed by atoms with E-state index >= 15 is 0 Å². The molecule has 0 bridgehead atoms. The van der Waals surface area contributed by atoms with Crippen molar-refractivity contribution in [1.82, 2.24) is 5.32 Å². The van der Waals surface area contributed by atoms with Gasteiger partial charge in [0.1, 0.15) is 0 Å². The Morgan fingerprint density at radius 1 is 0.812 bits per heavy atom. The molecule has 0 radical (unpaired) electrons. The number of amides is 1. The topological polar surface area (TPSA) is 47.6 Å². The summed E-state index contributed by atoms with van der Waals surface area (Å²) in [6.45, 7) is 2.92. The molecule has 1 N–H and O–H groups in total. The van der Waals surface area contributed by atoms with E-state index in [4.69, 9.17) is 9.47 Å². The molecule has 0 aliphatic heterocycles. The summed E-state index contributed by atoms with van der Waals surface area (Å²) in [4.78, 5) is 12.0. The average molecular weight is 446 g/mol. The van der Waals surface area contributed by atoms with Gasteiger partial charge in [0, 0.05) is 13.0 Å². The first-order valence-corrected chi connectivity index (χ1v) is 12.8. The van der Waals surface area contributed by atoms with Crippen molar-refractivity contribution in [2.45, 2.75) is 103 Å². The molecule has 0 aromatic heterocycles. The van der Waals surface area contributed by atoms with E-state index in [9.17, 15) is 4.79 Å². The van der Waals surface area contributed by atoms with Gasteiger partial charge in [-0.25, -0.2) is 0 Å². The van der Waals surface area contributed by atoms with E-state index < -0.39 is 0 Å². The lowest BCUT2D eigenvalue weighted by atomic mass is 10.1. The maximum atomic E-state index is 12.0. The summed E-state index contributed by atoms with van der Waals surface area (Å²) in [5.74, 6) is 1.61. The van der Waals surface area contributed by atoms with Crippen molar-refractivity contribution in [2.24, 2.45) is 0 Å². The highest BCUT2D eigenvalue weighted by Gasteiger charge is 2.05. The Hall–Kier alpha value is -1.97. The lowest BCUT2D eigenvalue weighted by Gasteiger charge is -2.10. The van der Waals surface area contributed by atoms with E-state index in [2.05, 4.69) is 24.4 Å². The van der Waals surface area contributed by atoms with E-state index in [0.717, 1.165) is 36.3 Å². The molecule has 0 spiro atoms. The number of rotatable bonds is 20. The fourth-order valence-corrected chi connectivity index (χ4v) is 3.83. The SMILES string of the molecule is CCCCCCCC/C=C\CCCCCCCC(=O)NCCc1ccc(OC)c(OC)c1. The van der Waals surface area contributed by atoms with Gasteiger partial charge >= 0.3 is 0 Å². The summed E-state index contributed by atoms with van der Waals surface area (Å²) < 4.78 is 10.6. The predicted molar refractivity (Wildman–Crippen MR) is 136 cm³/mol. The second kappa shape index (κ2) is 19.7. The summed E-state index contributed by atoms with van der Waals surface area (Å²) in [6.07, 6.45) is 22.7. The number of hydrogen-bond acceptors (Lipinski definition) is 3. The quantitative estimate of drug-likeness (QED) is 0.168. The predicted octanol–water partition coefficient (Wildman–Crippen LogP) is 7.40. The molecule has 0 saturated heterocycles. The largest absolute Gasteiger partial charge is 0.493 e. The van der Waals surface area contributed by atoms with Crippen molar-refractivity contribution in [3.63, 3.8) is 0 Å². The molecule has 0 heterocycles. The molecule has 182 valence electrons. The van der Waals surface area contributed by atoms with Crippen molar-refractivity contribution < 1.29 is 14.3 Å². The van der Waals surface area contributed by atoms with Gasteiger partial charge in [-0.1, -0.05) is 76.5 Å². The Labute approximate surface area is 197 Å². The number of carbonyl (C=O) groups is 1. The van der Waals surface area contributed by atoms with Gasteiger partial charge in [-0.2, -0.15) is 0 Å². The van der Waals surface area contributed by atoms with Crippen molar-refractivity contribution in [2.75, 3.05) is 20.8 Å². The van der Waals surface area contributed by atoms with Crippen LogP contribution in [0, 0.1) is 0 Å². The number of ether oxygens (including phenoxy) is 2. The highest BCUT2D eigenvalue weighted by atomic mass is 16.5. The van der Waals surface area contributed by atoms with Gasteiger partial charge in [-0.05, 0) is 56.2 Å². The Morgan fingerprint density at radius 3 is 2.03 bits per heavy atom. The molecule has 4 heteroatoms. The average Bonchev–Trinajstić information content (AvgIpc) is 2.81. The van der Waals surface area contributed by atoms with Crippen molar-refractivity contribution in [1.29, 1.82) is 0 Å². The summed E-state index contributed by atoms with van der Waals surface area (Å²) in [5.41, 5.74) is 1.13. The Morgan fingerprint density at radius 2 is 1.41 bits per heavy atom. The van der Waals surface area contributed by atoms with Crippen LogP contribution < -0.4 is 14.8 Å². The Kier molecular flexibility index (Phi) is 17.3. The molecular formula is C28H47NO3. The molecule has 1 aromatic carbocycles. The molecule has 0 aliphatic rings. The Balaban J connectivity index is 1.94. The molecule has 0 fully saturated rings. The summed E-state index contributed by atoms with van der Waals surface area (Å²) in [7, 11) is 3.27. The van der Waals surface area contributed by atoms with E-state index in [1.165, 1.54) is 70.6 Å². The maximum absolute atomic E-state index is 12.0. The number of methoxy groups -OCH3 is 2. The van der Waals surface area contributed by atoms with Crippen LogP contribution in [0.3, 0.4) is 0 Å². The molecule has 0 unspecified atom stereocenters. The van der Waals surface area contributed by atoms with Gasteiger partial charge < -0.3 is 14.8 Å². The molecule has 4 nitrogen and oxygen atoms in total. The standard InChI is InChI=1S/C28H47NO3/c1-4-5-6-7-8-9-10-11-12-13-14-15-16-17-18-19-28(30)29-23-22-25-20-21-26(31-2)27(24-25)32-3/h11-12,20-21,24H,4-10,13-19,22-23H2,1-3H3,(H,29,30)/b12-11-. The highest BCUT2D eigenvalue weighted by molar-refractivity contribution is 5.75.